The summed E-state index contributed by atoms with van der Waals surface area (Å²) < 4.78 is 0. The molecule has 1 atom stereocenters. The Kier molecular flexibility index (Phi) is 4.36. The monoisotopic (exact) mass is 339 g/mol. The molecule has 0 fully saturated rings. The summed E-state index contributed by atoms with van der Waals surface area (Å²) in [6, 6.07) is 11.6. The average molecular weight is 339 g/mol. The maximum atomic E-state index is 12.2. The highest BCUT2D eigenvalue weighted by atomic mass is 16.3. The van der Waals surface area contributed by atoms with E-state index in [2.05, 4.69) is 15.3 Å². The van der Waals surface area contributed by atoms with Gasteiger partial charge in [0.05, 0.1) is 11.0 Å². The summed E-state index contributed by atoms with van der Waals surface area (Å²) in [5, 5.41) is 12.8. The van der Waals surface area contributed by atoms with Gasteiger partial charge in [0.15, 0.2) is 5.95 Å². The number of nitrogens with two attached hydrogens (primary N) is 2. The molecule has 3 rings (SSSR count). The maximum absolute atomic E-state index is 12.2. The topological polar surface area (TPSA) is 147 Å². The number of nitrogen functional groups attached to an aromatic ring is 1. The van der Waals surface area contributed by atoms with Gasteiger partial charge in [-0.25, -0.2) is 4.98 Å². The van der Waals surface area contributed by atoms with E-state index in [0.717, 1.165) is 0 Å². The van der Waals surface area contributed by atoms with Crippen LogP contribution in [0.1, 0.15) is 15.9 Å². The van der Waals surface area contributed by atoms with Gasteiger partial charge < -0.3 is 26.9 Å². The number of primary amides is 1. The van der Waals surface area contributed by atoms with Gasteiger partial charge in [0.2, 0.25) is 5.91 Å². The van der Waals surface area contributed by atoms with Crippen LogP contribution in [0.4, 0.5) is 11.6 Å². The third-order valence-corrected chi connectivity index (χ3v) is 3.77. The van der Waals surface area contributed by atoms with Gasteiger partial charge in [-0.15, -0.1) is 0 Å². The smallest absolute Gasteiger partial charge is 0.253 e. The van der Waals surface area contributed by atoms with Gasteiger partial charge >= 0.3 is 0 Å². The Labute approximate surface area is 142 Å². The number of imidazole rings is 1. The van der Waals surface area contributed by atoms with Gasteiger partial charge in [-0.1, -0.05) is 18.2 Å². The number of hydrogen-bond donors (Lipinski definition) is 5. The Morgan fingerprint density at radius 3 is 2.76 bits per heavy atom. The molecule has 8 nitrogen and oxygen atoms in total. The van der Waals surface area contributed by atoms with Crippen LogP contribution in [0.25, 0.3) is 11.0 Å². The lowest BCUT2D eigenvalue weighted by molar-refractivity contribution is -0.123. The van der Waals surface area contributed by atoms with E-state index in [1.807, 2.05) is 0 Å². The number of nitrogens with zero attached hydrogens (tertiary/aromatic N) is 1. The quantitative estimate of drug-likeness (QED) is 0.466. The molecule has 7 N–H and O–H groups in total. The van der Waals surface area contributed by atoms with Gasteiger partial charge in [0.25, 0.3) is 5.91 Å². The number of benzene rings is 2. The van der Waals surface area contributed by atoms with Crippen molar-refractivity contribution in [1.82, 2.24) is 9.97 Å². The molecule has 2 aromatic carbocycles. The standard InChI is InChI=1S/C17H17N5O3/c18-15(24)11-4-2-1-3-9(11)7-14(23)16(25)20-10-5-6-12-13(8-10)22-17(19)21-12/h1-6,8,14,23H,7H2,(H2,18,24)(H,20,25)(H3,19,21,22)/t14-/m1/s1. The summed E-state index contributed by atoms with van der Waals surface area (Å²) in [7, 11) is 0. The molecule has 0 aliphatic rings. The van der Waals surface area contributed by atoms with Crippen LogP contribution in [0.5, 0.6) is 0 Å². The number of carbonyl (C=O) groups is 2. The van der Waals surface area contributed by atoms with Crippen molar-refractivity contribution in [2.45, 2.75) is 12.5 Å². The zero-order valence-electron chi connectivity index (χ0n) is 13.2. The van der Waals surface area contributed by atoms with Crippen molar-refractivity contribution in [3.8, 4) is 0 Å². The molecule has 0 aliphatic heterocycles. The van der Waals surface area contributed by atoms with Crippen LogP contribution in [-0.4, -0.2) is 33.0 Å². The highest BCUT2D eigenvalue weighted by Crippen LogP contribution is 2.18. The van der Waals surface area contributed by atoms with Gasteiger partial charge in [-0.05, 0) is 29.8 Å². The molecule has 0 spiro atoms. The van der Waals surface area contributed by atoms with Crippen molar-refractivity contribution in [3.05, 3.63) is 53.6 Å². The first-order valence-electron chi connectivity index (χ1n) is 7.56. The SMILES string of the molecule is NC(=O)c1ccccc1C[C@@H](O)C(=O)Nc1ccc2nc(N)[nH]c2c1. The van der Waals surface area contributed by atoms with Crippen LogP contribution in [0.2, 0.25) is 0 Å². The first-order chi connectivity index (χ1) is 11.9. The van der Waals surface area contributed by atoms with Gasteiger partial charge in [-0.3, -0.25) is 9.59 Å². The summed E-state index contributed by atoms with van der Waals surface area (Å²) in [4.78, 5) is 30.6. The third kappa shape index (κ3) is 3.59. The Morgan fingerprint density at radius 1 is 1.24 bits per heavy atom. The summed E-state index contributed by atoms with van der Waals surface area (Å²) >= 11 is 0. The number of aromatic amines is 1. The summed E-state index contributed by atoms with van der Waals surface area (Å²) in [6.07, 6.45) is -1.35. The van der Waals surface area contributed by atoms with E-state index < -0.39 is 17.9 Å². The first-order valence-corrected chi connectivity index (χ1v) is 7.56. The van der Waals surface area contributed by atoms with E-state index in [0.29, 0.717) is 22.3 Å². The number of aliphatic hydroxyl groups excluding tert-OH is 1. The number of aromatic nitrogens is 2. The van der Waals surface area contributed by atoms with Crippen molar-refractivity contribution in [1.29, 1.82) is 0 Å². The Morgan fingerprint density at radius 2 is 2.00 bits per heavy atom. The third-order valence-electron chi connectivity index (χ3n) is 3.77. The predicted octanol–water partition coefficient (Wildman–Crippen LogP) is 0.786. The molecular formula is C17H17N5O3. The fourth-order valence-corrected chi connectivity index (χ4v) is 2.57. The lowest BCUT2D eigenvalue weighted by Gasteiger charge is -2.13. The molecule has 0 bridgehead atoms. The van der Waals surface area contributed by atoms with Crippen LogP contribution in [0, 0.1) is 0 Å². The van der Waals surface area contributed by atoms with Crippen molar-refractivity contribution in [2.75, 3.05) is 11.1 Å². The Balaban J connectivity index is 1.72. The fourth-order valence-electron chi connectivity index (χ4n) is 2.57. The van der Waals surface area contributed by atoms with Crippen molar-refractivity contribution in [3.63, 3.8) is 0 Å². The van der Waals surface area contributed by atoms with E-state index >= 15 is 0 Å². The molecule has 128 valence electrons. The highest BCUT2D eigenvalue weighted by Gasteiger charge is 2.19. The van der Waals surface area contributed by atoms with Crippen LogP contribution in [0.3, 0.4) is 0 Å². The van der Waals surface area contributed by atoms with Gasteiger partial charge in [-0.2, -0.15) is 0 Å². The second kappa shape index (κ2) is 6.62. The molecule has 0 saturated heterocycles. The number of fused-ring (bicyclic) bond motifs is 1. The number of hydrogen-bond acceptors (Lipinski definition) is 5. The minimum absolute atomic E-state index is 0.0236. The lowest BCUT2D eigenvalue weighted by atomic mass is 10.0. The van der Waals surface area contributed by atoms with Gasteiger partial charge in [0.1, 0.15) is 6.10 Å². The van der Waals surface area contributed by atoms with E-state index in [1.54, 1.807) is 42.5 Å². The molecular weight excluding hydrogens is 322 g/mol. The van der Waals surface area contributed by atoms with E-state index in [-0.39, 0.29) is 17.9 Å². The number of rotatable bonds is 5. The molecule has 3 aromatic rings. The maximum Gasteiger partial charge on any atom is 0.253 e. The van der Waals surface area contributed by atoms with Crippen molar-refractivity contribution >= 4 is 34.5 Å². The molecule has 8 heteroatoms. The lowest BCUT2D eigenvalue weighted by Crippen LogP contribution is -2.30. The number of anilines is 2. The Hall–Kier alpha value is -3.39. The largest absolute Gasteiger partial charge is 0.383 e. The van der Waals surface area contributed by atoms with E-state index in [1.165, 1.54) is 0 Å². The predicted molar refractivity (Wildman–Crippen MR) is 93.8 cm³/mol. The average Bonchev–Trinajstić information content (AvgIpc) is 2.94. The summed E-state index contributed by atoms with van der Waals surface area (Å²) in [6.45, 7) is 0. The fraction of sp³-hybridized carbons (Fsp3) is 0.118. The highest BCUT2D eigenvalue weighted by molar-refractivity contribution is 5.97. The Bertz CT molecular complexity index is 950. The van der Waals surface area contributed by atoms with Crippen molar-refractivity contribution in [2.24, 2.45) is 5.73 Å². The molecule has 25 heavy (non-hydrogen) atoms. The number of H-pyrrole nitrogens is 1. The molecule has 2 amide bonds. The van der Waals surface area contributed by atoms with Gasteiger partial charge in [0, 0.05) is 17.7 Å². The zero-order chi connectivity index (χ0) is 18.0. The molecule has 1 heterocycles. The van der Waals surface area contributed by atoms with E-state index in [4.69, 9.17) is 11.5 Å². The summed E-state index contributed by atoms with van der Waals surface area (Å²) in [5.41, 5.74) is 13.5. The normalized spacial score (nSPS) is 12.0. The minimum Gasteiger partial charge on any atom is -0.383 e. The number of amides is 2. The van der Waals surface area contributed by atoms with Crippen LogP contribution in [0.15, 0.2) is 42.5 Å². The van der Waals surface area contributed by atoms with Crippen LogP contribution >= 0.6 is 0 Å². The van der Waals surface area contributed by atoms with Crippen molar-refractivity contribution < 1.29 is 14.7 Å². The molecule has 1 aromatic heterocycles. The molecule has 0 saturated carbocycles. The number of nitrogens with one attached hydrogen (secondary N) is 2. The zero-order valence-corrected chi connectivity index (χ0v) is 13.2. The first kappa shape index (κ1) is 16.5. The second-order valence-electron chi connectivity index (χ2n) is 5.58. The number of aliphatic hydroxyl groups is 1. The summed E-state index contributed by atoms with van der Waals surface area (Å²) in [5.74, 6) is -0.918. The van der Waals surface area contributed by atoms with Crippen LogP contribution in [-0.2, 0) is 11.2 Å². The van der Waals surface area contributed by atoms with E-state index in [9.17, 15) is 14.7 Å². The molecule has 0 aliphatic carbocycles. The van der Waals surface area contributed by atoms with Crippen LogP contribution < -0.4 is 16.8 Å². The molecule has 0 unspecified atom stereocenters. The molecule has 0 radical (unpaired) electrons. The minimum atomic E-state index is -1.33. The second-order valence-corrected chi connectivity index (χ2v) is 5.58. The number of carbonyl (C=O) groups excluding carboxylic acids is 2.